The summed E-state index contributed by atoms with van der Waals surface area (Å²) in [5.41, 5.74) is 1.08. The monoisotopic (exact) mass is 274 g/mol. The van der Waals surface area contributed by atoms with E-state index in [-0.39, 0.29) is 0 Å². The number of ether oxygens (including phenoxy) is 1. The molecule has 4 heteroatoms. The third-order valence-electron chi connectivity index (χ3n) is 2.89. The Morgan fingerprint density at radius 1 is 0.842 bits per heavy atom. The lowest BCUT2D eigenvalue weighted by Gasteiger charge is -2.17. The molecule has 0 radical (unpaired) electrons. The summed E-state index contributed by atoms with van der Waals surface area (Å²) in [5.74, 6) is 1.66. The van der Waals surface area contributed by atoms with E-state index in [1.807, 2.05) is 55.5 Å². The maximum absolute atomic E-state index is 6.00. The summed E-state index contributed by atoms with van der Waals surface area (Å²) in [7, 11) is 1.47. The van der Waals surface area contributed by atoms with Crippen LogP contribution in [0.5, 0.6) is 11.5 Å². The fraction of sp³-hybridized carbons (Fsp3) is 0.200. The molecule has 0 aliphatic heterocycles. The van der Waals surface area contributed by atoms with Crippen molar-refractivity contribution < 1.29 is 13.6 Å². The Balaban J connectivity index is 2.38. The first-order valence-corrected chi connectivity index (χ1v) is 7.66. The van der Waals surface area contributed by atoms with E-state index in [0.29, 0.717) is 0 Å². The van der Waals surface area contributed by atoms with Crippen molar-refractivity contribution in [3.05, 3.63) is 54.1 Å². The predicted molar refractivity (Wildman–Crippen MR) is 78.5 cm³/mol. The van der Waals surface area contributed by atoms with Gasteiger partial charge < -0.3 is 13.6 Å². The third-order valence-corrected chi connectivity index (χ3v) is 4.71. The molecule has 0 atom stereocenters. The molecule has 0 fully saturated rings. The van der Waals surface area contributed by atoms with Gasteiger partial charge >= 0.3 is 9.28 Å². The molecule has 0 amide bonds. The molecular weight excluding hydrogens is 256 g/mol. The lowest BCUT2D eigenvalue weighted by molar-refractivity contribution is 0.291. The number of aryl methyl sites for hydroxylation is 1. The molecule has 0 N–H and O–H groups in total. The second kappa shape index (κ2) is 6.52. The van der Waals surface area contributed by atoms with Gasteiger partial charge in [-0.15, -0.1) is 0 Å². The summed E-state index contributed by atoms with van der Waals surface area (Å²) >= 11 is 0. The molecule has 2 aromatic carbocycles. The normalized spacial score (nSPS) is 10.7. The summed E-state index contributed by atoms with van der Waals surface area (Å²) in [5, 5.41) is 1.02. The van der Waals surface area contributed by atoms with Gasteiger partial charge in [-0.25, -0.2) is 0 Å². The minimum absolute atomic E-state index is 0.818. The first kappa shape index (κ1) is 13.8. The smallest absolute Gasteiger partial charge is 0.359 e. The summed E-state index contributed by atoms with van der Waals surface area (Å²) in [6.07, 6.45) is 0. The van der Waals surface area contributed by atoms with Crippen molar-refractivity contribution in [2.45, 2.75) is 6.92 Å². The molecule has 0 unspecified atom stereocenters. The Kier molecular flexibility index (Phi) is 4.73. The van der Waals surface area contributed by atoms with E-state index in [1.54, 1.807) is 14.2 Å². The van der Waals surface area contributed by atoms with Gasteiger partial charge in [0.2, 0.25) is 0 Å². The first-order valence-electron chi connectivity index (χ1n) is 6.14. The van der Waals surface area contributed by atoms with Gasteiger partial charge in [-0.1, -0.05) is 36.4 Å². The highest BCUT2D eigenvalue weighted by Crippen LogP contribution is 2.23. The highest BCUT2D eigenvalue weighted by molar-refractivity contribution is 6.62. The van der Waals surface area contributed by atoms with Crippen LogP contribution in [0.15, 0.2) is 48.5 Å². The highest BCUT2D eigenvalue weighted by atomic mass is 28.3. The number of hydrogen-bond donors (Lipinski definition) is 0. The number of benzene rings is 2. The number of para-hydroxylation sites is 2. The first-order chi connectivity index (χ1) is 9.26. The van der Waals surface area contributed by atoms with Crippen molar-refractivity contribution in [2.75, 3.05) is 14.2 Å². The number of rotatable bonds is 5. The van der Waals surface area contributed by atoms with Gasteiger partial charge in [-0.05, 0) is 24.6 Å². The van der Waals surface area contributed by atoms with E-state index in [9.17, 15) is 0 Å². The molecule has 0 saturated carbocycles. The second-order valence-corrected chi connectivity index (χ2v) is 6.44. The van der Waals surface area contributed by atoms with E-state index in [0.717, 1.165) is 22.2 Å². The molecule has 19 heavy (non-hydrogen) atoms. The van der Waals surface area contributed by atoms with Gasteiger partial charge in [0.05, 0.1) is 0 Å². The Morgan fingerprint density at radius 2 is 1.53 bits per heavy atom. The Hall–Kier alpha value is -1.62. The van der Waals surface area contributed by atoms with E-state index >= 15 is 0 Å². The lowest BCUT2D eigenvalue weighted by atomic mass is 10.2. The van der Waals surface area contributed by atoms with Crippen molar-refractivity contribution in [3.8, 4) is 11.5 Å². The van der Waals surface area contributed by atoms with Crippen molar-refractivity contribution in [1.29, 1.82) is 0 Å². The SMILES string of the molecule is CO[SiH](OC)c1cccc(C)c1Oc1ccccc1. The van der Waals surface area contributed by atoms with Gasteiger partial charge in [0, 0.05) is 19.4 Å². The summed E-state index contributed by atoms with van der Waals surface area (Å²) < 4.78 is 16.9. The van der Waals surface area contributed by atoms with Crippen LogP contribution in [0.1, 0.15) is 5.56 Å². The molecule has 0 saturated heterocycles. The van der Waals surface area contributed by atoms with E-state index in [2.05, 4.69) is 0 Å². The Labute approximate surface area is 115 Å². The van der Waals surface area contributed by atoms with Crippen LogP contribution < -0.4 is 9.92 Å². The minimum atomic E-state index is -1.88. The number of hydrogen-bond acceptors (Lipinski definition) is 3. The molecule has 3 nitrogen and oxygen atoms in total. The van der Waals surface area contributed by atoms with Crippen LogP contribution in [-0.2, 0) is 8.85 Å². The maximum atomic E-state index is 6.00. The van der Waals surface area contributed by atoms with Crippen molar-refractivity contribution in [2.24, 2.45) is 0 Å². The zero-order valence-electron chi connectivity index (χ0n) is 11.4. The third kappa shape index (κ3) is 3.23. The van der Waals surface area contributed by atoms with Crippen LogP contribution in [0.4, 0.5) is 0 Å². The van der Waals surface area contributed by atoms with Crippen LogP contribution in [-0.4, -0.2) is 23.5 Å². The summed E-state index contributed by atoms with van der Waals surface area (Å²) in [6.45, 7) is 2.03. The van der Waals surface area contributed by atoms with E-state index in [1.165, 1.54) is 0 Å². The summed E-state index contributed by atoms with van der Waals surface area (Å²) in [4.78, 5) is 0. The van der Waals surface area contributed by atoms with Crippen LogP contribution in [0.25, 0.3) is 0 Å². The molecule has 0 heterocycles. The second-order valence-electron chi connectivity index (χ2n) is 4.21. The van der Waals surface area contributed by atoms with Crippen molar-refractivity contribution >= 4 is 14.5 Å². The standard InChI is InChI=1S/C15H18O3Si/c1-12-8-7-11-14(19(16-2)17-3)15(12)18-13-9-5-4-6-10-13/h4-11,19H,1-3H3. The molecule has 0 aliphatic rings. The van der Waals surface area contributed by atoms with E-state index in [4.69, 9.17) is 13.6 Å². The van der Waals surface area contributed by atoms with Crippen LogP contribution in [0.2, 0.25) is 0 Å². The molecule has 0 aliphatic carbocycles. The van der Waals surface area contributed by atoms with Crippen LogP contribution >= 0.6 is 0 Å². The van der Waals surface area contributed by atoms with Crippen molar-refractivity contribution in [3.63, 3.8) is 0 Å². The fourth-order valence-corrected chi connectivity index (χ4v) is 3.43. The Morgan fingerprint density at radius 3 is 2.16 bits per heavy atom. The Bertz CT molecular complexity index is 524. The van der Waals surface area contributed by atoms with Crippen LogP contribution in [0.3, 0.4) is 0 Å². The van der Waals surface area contributed by atoms with Gasteiger partial charge in [-0.2, -0.15) is 0 Å². The zero-order valence-corrected chi connectivity index (χ0v) is 12.6. The van der Waals surface area contributed by atoms with E-state index < -0.39 is 9.28 Å². The maximum Gasteiger partial charge on any atom is 0.359 e. The molecule has 2 rings (SSSR count). The molecule has 0 bridgehead atoms. The van der Waals surface area contributed by atoms with Crippen molar-refractivity contribution in [1.82, 2.24) is 0 Å². The fourth-order valence-electron chi connectivity index (χ4n) is 1.96. The van der Waals surface area contributed by atoms with Gasteiger partial charge in [0.15, 0.2) is 0 Å². The topological polar surface area (TPSA) is 27.7 Å². The van der Waals surface area contributed by atoms with Gasteiger partial charge in [0.25, 0.3) is 0 Å². The molecule has 100 valence electrons. The highest BCUT2D eigenvalue weighted by Gasteiger charge is 2.20. The summed E-state index contributed by atoms with van der Waals surface area (Å²) in [6, 6.07) is 15.8. The lowest BCUT2D eigenvalue weighted by Crippen LogP contribution is -2.36. The van der Waals surface area contributed by atoms with Gasteiger partial charge in [-0.3, -0.25) is 0 Å². The molecule has 0 aromatic heterocycles. The molecule has 0 spiro atoms. The molecular formula is C15H18O3Si. The predicted octanol–water partition coefficient (Wildman–Crippen LogP) is 2.51. The minimum Gasteiger partial charge on any atom is -0.457 e. The largest absolute Gasteiger partial charge is 0.457 e. The zero-order chi connectivity index (χ0) is 13.7. The average molecular weight is 274 g/mol. The van der Waals surface area contributed by atoms with Crippen LogP contribution in [0, 0.1) is 6.92 Å². The molecule has 2 aromatic rings. The average Bonchev–Trinajstić information content (AvgIpc) is 2.45. The quantitative estimate of drug-likeness (QED) is 0.784. The van der Waals surface area contributed by atoms with Gasteiger partial charge in [0.1, 0.15) is 11.5 Å².